The van der Waals surface area contributed by atoms with Gasteiger partial charge in [-0.15, -0.1) is 11.3 Å². The van der Waals surface area contributed by atoms with Gasteiger partial charge < -0.3 is 14.8 Å². The van der Waals surface area contributed by atoms with Gasteiger partial charge in [0.1, 0.15) is 5.01 Å². The number of Topliss-reactive ketones (excluding diaryl/α,β-unsaturated/α-hetero) is 1. The Morgan fingerprint density at radius 3 is 2.47 bits per heavy atom. The van der Waals surface area contributed by atoms with E-state index in [1.807, 2.05) is 24.4 Å². The number of ether oxygens (including phenoxy) is 2. The Bertz CT molecular complexity index is 1210. The smallest absolute Gasteiger partial charge is 0.259 e. The Hall–Kier alpha value is -3.28. The summed E-state index contributed by atoms with van der Waals surface area (Å²) in [5.41, 5.74) is 2.74. The van der Waals surface area contributed by atoms with Crippen LogP contribution >= 0.6 is 11.3 Å². The molecule has 0 radical (unpaired) electrons. The third kappa shape index (κ3) is 7.36. The normalized spacial score (nSPS) is 12.4. The van der Waals surface area contributed by atoms with E-state index in [1.165, 1.54) is 25.6 Å². The van der Waals surface area contributed by atoms with E-state index >= 15 is 0 Å². The molecule has 36 heavy (non-hydrogen) atoms. The van der Waals surface area contributed by atoms with Crippen molar-refractivity contribution in [3.8, 4) is 11.5 Å². The Morgan fingerprint density at radius 1 is 1.11 bits per heavy atom. The summed E-state index contributed by atoms with van der Waals surface area (Å²) in [6, 6.07) is 11.7. The second-order valence-electron chi connectivity index (χ2n) is 7.87. The van der Waals surface area contributed by atoms with Gasteiger partial charge in [0.25, 0.3) is 11.3 Å². The molecule has 2 atom stereocenters. The van der Waals surface area contributed by atoms with Crippen LogP contribution in [0.3, 0.4) is 0 Å². The largest absolute Gasteiger partial charge is 0.493 e. The van der Waals surface area contributed by atoms with Crippen LogP contribution in [0.4, 0.5) is 5.69 Å². The molecular formula is C25H29N3O6S2. The predicted molar refractivity (Wildman–Crippen MR) is 140 cm³/mol. The molecule has 0 aliphatic carbocycles. The lowest BCUT2D eigenvalue weighted by atomic mass is 10.0. The summed E-state index contributed by atoms with van der Waals surface area (Å²) in [6.07, 6.45) is 1.28. The van der Waals surface area contributed by atoms with Crippen molar-refractivity contribution >= 4 is 40.0 Å². The molecule has 0 bridgehead atoms. The Balaban J connectivity index is 1.69. The van der Waals surface area contributed by atoms with Gasteiger partial charge in [0.2, 0.25) is 5.91 Å². The molecule has 3 aromatic rings. The van der Waals surface area contributed by atoms with E-state index in [4.69, 9.17) is 14.0 Å². The monoisotopic (exact) mass is 531 g/mol. The minimum Gasteiger partial charge on any atom is -0.493 e. The number of hydrogen-bond donors (Lipinski definition) is 3. The van der Waals surface area contributed by atoms with Crippen molar-refractivity contribution in [1.82, 2.24) is 10.3 Å². The first-order valence-electron chi connectivity index (χ1n) is 11.3. The average molecular weight is 532 g/mol. The molecule has 192 valence electrons. The van der Waals surface area contributed by atoms with E-state index in [1.54, 1.807) is 30.3 Å². The fourth-order valence-electron chi connectivity index (χ4n) is 3.63. The summed E-state index contributed by atoms with van der Waals surface area (Å²) in [7, 11) is 2.97. The molecule has 0 spiro atoms. The van der Waals surface area contributed by atoms with E-state index < -0.39 is 11.3 Å². The SMILES string of the molecule is CCc1csc([C@H](Cc2ccc(NS(=O)O)cc2)NC(=O)CCC(=O)c2cccc(OC)c2OC)n1. The fourth-order valence-corrected chi connectivity index (χ4v) is 4.92. The number of rotatable bonds is 13. The summed E-state index contributed by atoms with van der Waals surface area (Å²) in [4.78, 5) is 30.3. The number of thiazole rings is 1. The number of anilines is 1. The standard InChI is InChI=1S/C25H29N3O6S2/c1-4-17-15-35-25(26-17)20(14-16-8-10-18(11-9-16)28-36(31)32)27-23(30)13-12-21(29)19-6-5-7-22(33-2)24(19)34-3/h5-11,15,20,28H,4,12-14H2,1-3H3,(H,27,30)(H,31,32)/t20-/m0/s1. The zero-order valence-corrected chi connectivity index (χ0v) is 21.9. The summed E-state index contributed by atoms with van der Waals surface area (Å²) in [5.74, 6) is 0.317. The number of benzene rings is 2. The molecule has 1 amide bonds. The minimum absolute atomic E-state index is 0.00682. The molecule has 1 heterocycles. The average Bonchev–Trinajstić information content (AvgIpc) is 3.36. The van der Waals surface area contributed by atoms with Gasteiger partial charge in [-0.2, -0.15) is 0 Å². The van der Waals surface area contributed by atoms with Gasteiger partial charge in [-0.05, 0) is 42.7 Å². The second-order valence-corrected chi connectivity index (χ2v) is 9.46. The van der Waals surface area contributed by atoms with Crippen molar-refractivity contribution in [3.63, 3.8) is 0 Å². The van der Waals surface area contributed by atoms with Gasteiger partial charge in [-0.3, -0.25) is 18.9 Å². The zero-order valence-electron chi connectivity index (χ0n) is 20.3. The number of aryl methyl sites for hydroxylation is 1. The number of ketones is 1. The highest BCUT2D eigenvalue weighted by Crippen LogP contribution is 2.31. The molecule has 0 saturated carbocycles. The highest BCUT2D eigenvalue weighted by Gasteiger charge is 2.21. The maximum Gasteiger partial charge on any atom is 0.259 e. The maximum absolute atomic E-state index is 12.9. The summed E-state index contributed by atoms with van der Waals surface area (Å²) in [5, 5.41) is 5.77. The number of amides is 1. The summed E-state index contributed by atoms with van der Waals surface area (Å²) >= 11 is -0.676. The molecule has 0 aliphatic heterocycles. The van der Waals surface area contributed by atoms with E-state index in [0.29, 0.717) is 29.2 Å². The molecule has 3 rings (SSSR count). The molecule has 1 aromatic heterocycles. The highest BCUT2D eigenvalue weighted by molar-refractivity contribution is 7.80. The second kappa shape index (κ2) is 13.1. The zero-order chi connectivity index (χ0) is 26.1. The Morgan fingerprint density at radius 2 is 1.86 bits per heavy atom. The van der Waals surface area contributed by atoms with Crippen LogP contribution in [-0.2, 0) is 28.9 Å². The molecule has 2 aromatic carbocycles. The number of hydrogen-bond acceptors (Lipinski definition) is 7. The van der Waals surface area contributed by atoms with Crippen molar-refractivity contribution in [3.05, 3.63) is 69.7 Å². The van der Waals surface area contributed by atoms with Gasteiger partial charge in [-0.25, -0.2) is 9.19 Å². The topological polar surface area (TPSA) is 127 Å². The number of carbonyl (C=O) groups is 2. The van der Waals surface area contributed by atoms with Crippen molar-refractivity contribution in [2.75, 3.05) is 18.9 Å². The van der Waals surface area contributed by atoms with E-state index in [9.17, 15) is 13.8 Å². The van der Waals surface area contributed by atoms with Crippen LogP contribution in [0, 0.1) is 0 Å². The van der Waals surface area contributed by atoms with Crippen LogP contribution in [-0.4, -0.2) is 39.7 Å². The molecule has 0 fully saturated rings. The van der Waals surface area contributed by atoms with Gasteiger partial charge >= 0.3 is 0 Å². The predicted octanol–water partition coefficient (Wildman–Crippen LogP) is 4.33. The number of para-hydroxylation sites is 1. The van der Waals surface area contributed by atoms with Gasteiger partial charge in [0.05, 0.1) is 31.5 Å². The Labute approximate surface area is 216 Å². The van der Waals surface area contributed by atoms with Crippen LogP contribution in [0.15, 0.2) is 47.8 Å². The number of methoxy groups -OCH3 is 2. The van der Waals surface area contributed by atoms with E-state index in [0.717, 1.165) is 22.7 Å². The quantitative estimate of drug-likeness (QED) is 0.221. The third-order valence-corrected chi connectivity index (χ3v) is 6.86. The van der Waals surface area contributed by atoms with E-state index in [-0.39, 0.29) is 30.6 Å². The highest BCUT2D eigenvalue weighted by atomic mass is 32.2. The maximum atomic E-state index is 12.9. The molecular weight excluding hydrogens is 502 g/mol. The van der Waals surface area contributed by atoms with Crippen LogP contribution in [0.1, 0.15) is 52.4 Å². The van der Waals surface area contributed by atoms with Gasteiger partial charge in [0, 0.05) is 23.9 Å². The van der Waals surface area contributed by atoms with Crippen molar-refractivity contribution < 1.29 is 27.8 Å². The lowest BCUT2D eigenvalue weighted by Crippen LogP contribution is -2.30. The lowest BCUT2D eigenvalue weighted by Gasteiger charge is -2.17. The van der Waals surface area contributed by atoms with Crippen LogP contribution in [0.2, 0.25) is 0 Å². The first kappa shape index (κ1) is 27.3. The molecule has 0 aliphatic rings. The number of nitrogens with one attached hydrogen (secondary N) is 2. The van der Waals surface area contributed by atoms with Gasteiger partial charge in [-0.1, -0.05) is 25.1 Å². The van der Waals surface area contributed by atoms with Crippen LogP contribution in [0.25, 0.3) is 0 Å². The van der Waals surface area contributed by atoms with Crippen LogP contribution in [0.5, 0.6) is 11.5 Å². The number of carbonyl (C=O) groups excluding carboxylic acids is 2. The van der Waals surface area contributed by atoms with E-state index in [2.05, 4.69) is 15.0 Å². The minimum atomic E-state index is -2.15. The van der Waals surface area contributed by atoms with Crippen molar-refractivity contribution in [2.45, 2.75) is 38.6 Å². The molecule has 1 unspecified atom stereocenters. The summed E-state index contributed by atoms with van der Waals surface area (Å²) < 4.78 is 32.9. The molecule has 11 heteroatoms. The third-order valence-electron chi connectivity index (χ3n) is 5.45. The molecule has 9 nitrogen and oxygen atoms in total. The van der Waals surface area contributed by atoms with Crippen molar-refractivity contribution in [2.24, 2.45) is 0 Å². The lowest BCUT2D eigenvalue weighted by molar-refractivity contribution is -0.121. The van der Waals surface area contributed by atoms with Gasteiger partial charge in [0.15, 0.2) is 17.3 Å². The van der Waals surface area contributed by atoms with Crippen LogP contribution < -0.4 is 19.5 Å². The molecule has 3 N–H and O–H groups in total. The summed E-state index contributed by atoms with van der Waals surface area (Å²) in [6.45, 7) is 2.02. The Kier molecular flexibility index (Phi) is 9.97. The first-order valence-corrected chi connectivity index (χ1v) is 13.3. The van der Waals surface area contributed by atoms with Crippen molar-refractivity contribution in [1.29, 1.82) is 0 Å². The number of aromatic nitrogens is 1. The number of nitrogens with zero attached hydrogens (tertiary/aromatic N) is 1. The first-order chi connectivity index (χ1) is 17.3. The molecule has 0 saturated heterocycles. The fraction of sp³-hybridized carbons (Fsp3) is 0.320.